The van der Waals surface area contributed by atoms with E-state index in [4.69, 9.17) is 15.3 Å². The first-order valence-corrected chi connectivity index (χ1v) is 5.37. The van der Waals surface area contributed by atoms with Gasteiger partial charge in [-0.2, -0.15) is 11.3 Å². The molecule has 80 valence electrons. The molecule has 0 amide bonds. The lowest BCUT2D eigenvalue weighted by Gasteiger charge is -2.14. The van der Waals surface area contributed by atoms with Gasteiger partial charge in [0.1, 0.15) is 0 Å². The summed E-state index contributed by atoms with van der Waals surface area (Å²) >= 11 is 1.65. The van der Waals surface area contributed by atoms with Gasteiger partial charge in [-0.1, -0.05) is 0 Å². The van der Waals surface area contributed by atoms with E-state index in [1.807, 2.05) is 11.4 Å². The SMILES string of the molecule is COCCOCC(NN)c1ccsc1. The van der Waals surface area contributed by atoms with Crippen molar-refractivity contribution in [3.05, 3.63) is 22.4 Å². The van der Waals surface area contributed by atoms with Gasteiger partial charge in [0.25, 0.3) is 0 Å². The molecule has 1 atom stereocenters. The van der Waals surface area contributed by atoms with Crippen LogP contribution >= 0.6 is 11.3 Å². The summed E-state index contributed by atoms with van der Waals surface area (Å²) in [5.74, 6) is 5.42. The minimum Gasteiger partial charge on any atom is -0.382 e. The van der Waals surface area contributed by atoms with Gasteiger partial charge in [-0.25, -0.2) is 0 Å². The van der Waals surface area contributed by atoms with Gasteiger partial charge in [0.2, 0.25) is 0 Å². The molecule has 14 heavy (non-hydrogen) atoms. The average Bonchev–Trinajstić information content (AvgIpc) is 2.71. The van der Waals surface area contributed by atoms with Gasteiger partial charge >= 0.3 is 0 Å². The minimum absolute atomic E-state index is 0.0677. The lowest BCUT2D eigenvalue weighted by Crippen LogP contribution is -2.31. The van der Waals surface area contributed by atoms with Crippen molar-refractivity contribution in [2.45, 2.75) is 6.04 Å². The van der Waals surface area contributed by atoms with E-state index in [2.05, 4.69) is 10.8 Å². The molecule has 0 aromatic carbocycles. The molecule has 1 heterocycles. The van der Waals surface area contributed by atoms with Crippen molar-refractivity contribution in [3.8, 4) is 0 Å². The van der Waals surface area contributed by atoms with Crippen molar-refractivity contribution in [2.24, 2.45) is 5.84 Å². The fourth-order valence-electron chi connectivity index (χ4n) is 1.06. The number of hydrazine groups is 1. The summed E-state index contributed by atoms with van der Waals surface area (Å²) in [5.41, 5.74) is 3.88. The maximum atomic E-state index is 5.42. The Bertz CT molecular complexity index is 229. The molecule has 0 bridgehead atoms. The fourth-order valence-corrected chi connectivity index (χ4v) is 1.77. The molecule has 5 heteroatoms. The summed E-state index contributed by atoms with van der Waals surface area (Å²) in [6.45, 7) is 1.77. The molecular formula is C9H16N2O2S. The smallest absolute Gasteiger partial charge is 0.0701 e. The van der Waals surface area contributed by atoms with Crippen LogP contribution < -0.4 is 11.3 Å². The first kappa shape index (κ1) is 11.6. The van der Waals surface area contributed by atoms with Gasteiger partial charge in [0.05, 0.1) is 25.9 Å². The third-order valence-corrected chi connectivity index (χ3v) is 2.56. The number of nitrogens with one attached hydrogen (secondary N) is 1. The maximum Gasteiger partial charge on any atom is 0.0701 e. The summed E-state index contributed by atoms with van der Waals surface area (Å²) < 4.78 is 10.3. The van der Waals surface area contributed by atoms with E-state index in [-0.39, 0.29) is 6.04 Å². The van der Waals surface area contributed by atoms with E-state index in [9.17, 15) is 0 Å². The fraction of sp³-hybridized carbons (Fsp3) is 0.556. The molecule has 0 fully saturated rings. The zero-order valence-electron chi connectivity index (χ0n) is 8.23. The van der Waals surface area contributed by atoms with Crippen LogP contribution in [0.25, 0.3) is 0 Å². The van der Waals surface area contributed by atoms with E-state index in [1.165, 1.54) is 0 Å². The molecule has 1 unspecified atom stereocenters. The van der Waals surface area contributed by atoms with Crippen molar-refractivity contribution in [3.63, 3.8) is 0 Å². The van der Waals surface area contributed by atoms with E-state index in [1.54, 1.807) is 18.4 Å². The summed E-state index contributed by atoms with van der Waals surface area (Å²) in [6.07, 6.45) is 0. The summed E-state index contributed by atoms with van der Waals surface area (Å²) in [5, 5.41) is 4.08. The van der Waals surface area contributed by atoms with Crippen molar-refractivity contribution in [1.29, 1.82) is 0 Å². The van der Waals surface area contributed by atoms with Crippen molar-refractivity contribution < 1.29 is 9.47 Å². The molecule has 0 aliphatic rings. The summed E-state index contributed by atoms with van der Waals surface area (Å²) in [7, 11) is 1.65. The predicted molar refractivity (Wildman–Crippen MR) is 57.1 cm³/mol. The third-order valence-electron chi connectivity index (χ3n) is 1.86. The molecule has 0 saturated carbocycles. The molecule has 4 nitrogen and oxygen atoms in total. The Kier molecular flexibility index (Phi) is 5.74. The van der Waals surface area contributed by atoms with Gasteiger partial charge in [-0.05, 0) is 22.4 Å². The number of hydrogen-bond acceptors (Lipinski definition) is 5. The number of hydrogen-bond donors (Lipinski definition) is 2. The van der Waals surface area contributed by atoms with E-state index in [0.717, 1.165) is 5.56 Å². The number of thiophene rings is 1. The number of methoxy groups -OCH3 is 1. The van der Waals surface area contributed by atoms with Crippen LogP contribution in [0.4, 0.5) is 0 Å². The second-order valence-electron chi connectivity index (χ2n) is 2.84. The van der Waals surface area contributed by atoms with Crippen LogP contribution in [0.2, 0.25) is 0 Å². The monoisotopic (exact) mass is 216 g/mol. The highest BCUT2D eigenvalue weighted by atomic mass is 32.1. The third kappa shape index (κ3) is 3.73. The molecule has 0 saturated heterocycles. The van der Waals surface area contributed by atoms with Gasteiger partial charge in [-0.3, -0.25) is 11.3 Å². The molecule has 0 aliphatic heterocycles. The van der Waals surface area contributed by atoms with Crippen LogP contribution in [0.1, 0.15) is 11.6 Å². The van der Waals surface area contributed by atoms with Crippen LogP contribution in [0.15, 0.2) is 16.8 Å². The summed E-state index contributed by atoms with van der Waals surface area (Å²) in [6, 6.07) is 2.10. The zero-order valence-corrected chi connectivity index (χ0v) is 9.05. The Morgan fingerprint density at radius 2 is 2.43 bits per heavy atom. The average molecular weight is 216 g/mol. The van der Waals surface area contributed by atoms with Crippen molar-refractivity contribution in [1.82, 2.24) is 5.43 Å². The molecule has 1 rings (SSSR count). The lowest BCUT2D eigenvalue weighted by molar-refractivity contribution is 0.0586. The van der Waals surface area contributed by atoms with Crippen LogP contribution in [0, 0.1) is 0 Å². The first-order chi connectivity index (χ1) is 6.88. The Morgan fingerprint density at radius 3 is 3.00 bits per heavy atom. The molecule has 0 radical (unpaired) electrons. The normalized spacial score (nSPS) is 13.0. The van der Waals surface area contributed by atoms with Crippen LogP contribution in [0.5, 0.6) is 0 Å². The van der Waals surface area contributed by atoms with Crippen molar-refractivity contribution in [2.75, 3.05) is 26.9 Å². The minimum atomic E-state index is 0.0677. The molecular weight excluding hydrogens is 200 g/mol. The van der Waals surface area contributed by atoms with E-state index < -0.39 is 0 Å². The van der Waals surface area contributed by atoms with Crippen LogP contribution in [-0.2, 0) is 9.47 Å². The van der Waals surface area contributed by atoms with Gasteiger partial charge in [0, 0.05) is 7.11 Å². The first-order valence-electron chi connectivity index (χ1n) is 4.43. The molecule has 0 aliphatic carbocycles. The van der Waals surface area contributed by atoms with Crippen molar-refractivity contribution >= 4 is 11.3 Å². The van der Waals surface area contributed by atoms with Gasteiger partial charge in [0.15, 0.2) is 0 Å². The molecule has 1 aromatic rings. The summed E-state index contributed by atoms with van der Waals surface area (Å²) in [4.78, 5) is 0. The predicted octanol–water partition coefficient (Wildman–Crippen LogP) is 0.915. The molecule has 1 aromatic heterocycles. The van der Waals surface area contributed by atoms with Gasteiger partial charge < -0.3 is 9.47 Å². The second-order valence-corrected chi connectivity index (χ2v) is 3.62. The zero-order chi connectivity index (χ0) is 10.2. The Balaban J connectivity index is 2.26. The topological polar surface area (TPSA) is 56.5 Å². The quantitative estimate of drug-likeness (QED) is 0.404. The maximum absolute atomic E-state index is 5.42. The highest BCUT2D eigenvalue weighted by molar-refractivity contribution is 7.07. The largest absolute Gasteiger partial charge is 0.382 e. The number of nitrogens with two attached hydrogens (primary N) is 1. The Morgan fingerprint density at radius 1 is 1.57 bits per heavy atom. The second kappa shape index (κ2) is 6.92. The Hall–Kier alpha value is -0.460. The highest BCUT2D eigenvalue weighted by Gasteiger charge is 2.09. The van der Waals surface area contributed by atoms with Gasteiger partial charge in [-0.15, -0.1) is 0 Å². The Labute approximate surface area is 88.0 Å². The van der Waals surface area contributed by atoms with Crippen LogP contribution in [0.3, 0.4) is 0 Å². The number of ether oxygens (including phenoxy) is 2. The highest BCUT2D eigenvalue weighted by Crippen LogP contribution is 2.15. The lowest BCUT2D eigenvalue weighted by atomic mass is 10.2. The molecule has 0 spiro atoms. The molecule has 3 N–H and O–H groups in total. The van der Waals surface area contributed by atoms with E-state index >= 15 is 0 Å². The van der Waals surface area contributed by atoms with Crippen LogP contribution in [-0.4, -0.2) is 26.9 Å². The standard InChI is InChI=1S/C9H16N2O2S/c1-12-3-4-13-6-9(11-10)8-2-5-14-7-8/h2,5,7,9,11H,3-4,6,10H2,1H3. The van der Waals surface area contributed by atoms with E-state index in [0.29, 0.717) is 19.8 Å². The number of rotatable bonds is 7.